The molecule has 4 aliphatic rings. The van der Waals surface area contributed by atoms with Crippen molar-refractivity contribution >= 4 is 146 Å². The Labute approximate surface area is 472 Å². The standard InChI is InChI=1S/C56H40N4O10S7/c1-3-59-47(61)45(76-53(59)71)57-37-25-35-41(73-37)43-39(55(35,49(63)67-27-31-17-9-5-10-18-31)50(64)68-28-32-19-11-6-12-20-32)40-44(75-43)42-36(26-38(74-42)58-46-48(62)60(4-2)54(72)77-46)56(40,51(65)69-29-33-21-13-7-14-22-33)52(66)70-30-34-23-15-8-16-24-34/h5-26H,3-4,27-30H2,1-2H3/b57-45-,58-46-. The van der Waals surface area contributed by atoms with Gasteiger partial charge in [0.25, 0.3) is 11.8 Å². The molecular weight excluding hydrogens is 1110 g/mol. The number of rotatable bonds is 16. The summed E-state index contributed by atoms with van der Waals surface area (Å²) in [7, 11) is 0. The van der Waals surface area contributed by atoms with Crippen LogP contribution in [0.1, 0.15) is 58.4 Å². The Morgan fingerprint density at radius 3 is 1.04 bits per heavy atom. The van der Waals surface area contributed by atoms with Crippen LogP contribution in [0.2, 0.25) is 0 Å². The number of aliphatic imine (C=N–C) groups is 2. The van der Waals surface area contributed by atoms with Gasteiger partial charge in [-0.05, 0) is 71.8 Å². The highest BCUT2D eigenvalue weighted by Gasteiger charge is 2.69. The summed E-state index contributed by atoms with van der Waals surface area (Å²) in [6.07, 6.45) is 0. The van der Waals surface area contributed by atoms with Gasteiger partial charge in [-0.3, -0.25) is 38.6 Å². The van der Waals surface area contributed by atoms with Crippen molar-refractivity contribution in [3.05, 3.63) is 178 Å². The minimum absolute atomic E-state index is 0.0335. The van der Waals surface area contributed by atoms with Gasteiger partial charge in [0.2, 0.25) is 10.8 Å². The van der Waals surface area contributed by atoms with Crippen molar-refractivity contribution in [1.29, 1.82) is 0 Å². The summed E-state index contributed by atoms with van der Waals surface area (Å²) in [6, 6.07) is 38.7. The van der Waals surface area contributed by atoms with Gasteiger partial charge in [0, 0.05) is 35.3 Å². The van der Waals surface area contributed by atoms with Crippen molar-refractivity contribution in [1.82, 2.24) is 9.80 Å². The first-order valence-electron chi connectivity index (χ1n) is 23.9. The van der Waals surface area contributed by atoms with Gasteiger partial charge in [-0.15, -0.1) is 34.0 Å². The van der Waals surface area contributed by atoms with Crippen LogP contribution in [0.3, 0.4) is 0 Å². The largest absolute Gasteiger partial charge is 0.459 e. The van der Waals surface area contributed by atoms with E-state index in [0.717, 1.165) is 57.5 Å². The second kappa shape index (κ2) is 21.4. The summed E-state index contributed by atoms with van der Waals surface area (Å²) in [4.78, 5) is 105. The molecule has 21 heteroatoms. The van der Waals surface area contributed by atoms with Gasteiger partial charge < -0.3 is 18.9 Å². The van der Waals surface area contributed by atoms with Crippen LogP contribution < -0.4 is 0 Å². The van der Waals surface area contributed by atoms with Gasteiger partial charge in [0.15, 0.2) is 10.1 Å². The lowest BCUT2D eigenvalue weighted by Crippen LogP contribution is -2.50. The minimum Gasteiger partial charge on any atom is -0.459 e. The lowest BCUT2D eigenvalue weighted by molar-refractivity contribution is -0.167. The molecule has 77 heavy (non-hydrogen) atoms. The van der Waals surface area contributed by atoms with Gasteiger partial charge in [0.05, 0.1) is 19.5 Å². The van der Waals surface area contributed by atoms with Crippen molar-refractivity contribution < 1.29 is 47.7 Å². The van der Waals surface area contributed by atoms with E-state index >= 15 is 19.2 Å². The zero-order valence-corrected chi connectivity index (χ0v) is 46.4. The molecule has 11 rings (SSSR count). The third-order valence-electron chi connectivity index (χ3n) is 13.1. The maximum Gasteiger partial charge on any atom is 0.333 e. The number of ether oxygens (including phenoxy) is 4. The van der Waals surface area contributed by atoms with Crippen LogP contribution in [-0.4, -0.2) is 77.3 Å². The Balaban J connectivity index is 1.18. The second-order valence-corrected chi connectivity index (χ2v) is 23.9. The van der Waals surface area contributed by atoms with E-state index in [0.29, 0.717) is 63.5 Å². The molecular formula is C56H40N4O10S7. The number of fused-ring (bicyclic) bond motifs is 7. The molecule has 0 bridgehead atoms. The first kappa shape index (κ1) is 52.1. The summed E-state index contributed by atoms with van der Waals surface area (Å²) in [5.74, 6) is -5.07. The predicted octanol–water partition coefficient (Wildman–Crippen LogP) is 11.2. The van der Waals surface area contributed by atoms with E-state index < -0.39 is 46.5 Å². The molecule has 7 aromatic rings. The third kappa shape index (κ3) is 9.06. The lowest BCUT2D eigenvalue weighted by atomic mass is 9.70. The zero-order chi connectivity index (χ0) is 53.6. The van der Waals surface area contributed by atoms with Gasteiger partial charge in [-0.1, -0.05) is 146 Å². The van der Waals surface area contributed by atoms with Crippen LogP contribution in [-0.2, 0) is 85.0 Å². The van der Waals surface area contributed by atoms with E-state index in [4.69, 9.17) is 53.4 Å². The molecule has 0 unspecified atom stereocenters. The number of hydrogen-bond acceptors (Lipinski definition) is 19. The van der Waals surface area contributed by atoms with E-state index in [2.05, 4.69) is 0 Å². The molecule has 2 saturated heterocycles. The van der Waals surface area contributed by atoms with Crippen LogP contribution >= 0.6 is 82.0 Å². The van der Waals surface area contributed by atoms with Crippen LogP contribution in [0.25, 0.3) is 19.5 Å². The summed E-state index contributed by atoms with van der Waals surface area (Å²) in [6.45, 7) is 3.11. The number of amides is 2. The Morgan fingerprint density at radius 2 is 0.766 bits per heavy atom. The van der Waals surface area contributed by atoms with Gasteiger partial charge in [0.1, 0.15) is 45.1 Å². The molecule has 0 N–H and O–H groups in total. The van der Waals surface area contributed by atoms with E-state index in [1.165, 1.54) is 9.80 Å². The van der Waals surface area contributed by atoms with E-state index in [9.17, 15) is 9.59 Å². The highest BCUT2D eigenvalue weighted by atomic mass is 32.2. The number of thioether (sulfide) groups is 2. The van der Waals surface area contributed by atoms with E-state index in [-0.39, 0.29) is 68.8 Å². The first-order valence-corrected chi connectivity index (χ1v) is 28.8. The topological polar surface area (TPSA) is 171 Å². The Morgan fingerprint density at radius 1 is 0.468 bits per heavy atom. The van der Waals surface area contributed by atoms with Crippen molar-refractivity contribution in [3.63, 3.8) is 0 Å². The molecule has 0 radical (unpaired) electrons. The van der Waals surface area contributed by atoms with Crippen LogP contribution in [0.5, 0.6) is 0 Å². The van der Waals surface area contributed by atoms with E-state index in [1.54, 1.807) is 123 Å². The van der Waals surface area contributed by atoms with E-state index in [1.807, 2.05) is 24.3 Å². The summed E-state index contributed by atoms with van der Waals surface area (Å²) >= 11 is 16.4. The lowest BCUT2D eigenvalue weighted by Gasteiger charge is -2.32. The minimum atomic E-state index is -2.56. The number of esters is 4. The van der Waals surface area contributed by atoms with Crippen molar-refractivity contribution in [2.45, 2.75) is 51.1 Å². The molecule has 2 fully saturated rings. The van der Waals surface area contributed by atoms with Crippen molar-refractivity contribution in [2.24, 2.45) is 9.98 Å². The number of carbonyl (C=O) groups is 6. The fourth-order valence-electron chi connectivity index (χ4n) is 9.48. The monoisotopic (exact) mass is 1150 g/mol. The zero-order valence-electron chi connectivity index (χ0n) is 40.7. The van der Waals surface area contributed by atoms with Gasteiger partial charge in [-0.25, -0.2) is 9.98 Å². The molecule has 5 heterocycles. The predicted molar refractivity (Wildman–Crippen MR) is 307 cm³/mol. The molecule has 386 valence electrons. The fourth-order valence-corrected chi connectivity index (χ4v) is 16.1. The normalized spacial score (nSPS) is 16.6. The maximum absolute atomic E-state index is 16.0. The summed E-state index contributed by atoms with van der Waals surface area (Å²) in [5.41, 5.74) is -2.55. The number of thiocarbonyl (C=S) groups is 2. The highest BCUT2D eigenvalue weighted by Crippen LogP contribution is 2.68. The SMILES string of the molecule is CCN1C(=O)/C(=N/c2cc3c(s2)-c2sc4c(c2C3(C(=O)OCc2ccccc2)C(=O)OCc2ccccc2)C(C(=O)OCc2ccccc2)(C(=O)OCc2ccccc2)c2cc(/N=C3\SC(=S)N(CC)C3=O)sc2-4)SC1=S. The molecule has 4 aromatic carbocycles. The number of hydrogen-bond donors (Lipinski definition) is 0. The second-order valence-electron chi connectivity index (χ2n) is 17.6. The van der Waals surface area contributed by atoms with Gasteiger partial charge in [-0.2, -0.15) is 0 Å². The average Bonchev–Trinajstić information content (AvgIpc) is 3.66. The Kier molecular flexibility index (Phi) is 14.5. The molecule has 2 aliphatic carbocycles. The molecule has 0 atom stereocenters. The maximum atomic E-state index is 16.0. The summed E-state index contributed by atoms with van der Waals surface area (Å²) < 4.78 is 25.8. The molecule has 3 aromatic heterocycles. The number of carbonyl (C=O) groups excluding carboxylic acids is 6. The van der Waals surface area contributed by atoms with Crippen LogP contribution in [0, 0.1) is 0 Å². The van der Waals surface area contributed by atoms with Crippen LogP contribution in [0.4, 0.5) is 10.0 Å². The average molecular weight is 1150 g/mol. The number of nitrogens with zero attached hydrogens (tertiary/aromatic N) is 4. The molecule has 2 aliphatic heterocycles. The quantitative estimate of drug-likeness (QED) is 0.0387. The molecule has 2 amide bonds. The van der Waals surface area contributed by atoms with Gasteiger partial charge >= 0.3 is 23.9 Å². The number of thiophene rings is 3. The highest BCUT2D eigenvalue weighted by molar-refractivity contribution is 8.35. The molecule has 0 spiro atoms. The summed E-state index contributed by atoms with van der Waals surface area (Å²) in [5, 5.41) is 0.695. The first-order chi connectivity index (χ1) is 37.4. The number of benzene rings is 4. The van der Waals surface area contributed by atoms with Crippen molar-refractivity contribution in [3.8, 4) is 19.5 Å². The Bertz CT molecular complexity index is 3300. The fraction of sp³-hybridized carbons (Fsp3) is 0.179. The van der Waals surface area contributed by atoms with Crippen molar-refractivity contribution in [2.75, 3.05) is 13.1 Å². The molecule has 0 saturated carbocycles. The third-order valence-corrected chi connectivity index (χ3v) is 19.3. The smallest absolute Gasteiger partial charge is 0.333 e. The Hall–Kier alpha value is -6.98. The molecule has 14 nitrogen and oxygen atoms in total. The van der Waals surface area contributed by atoms with Crippen LogP contribution in [0.15, 0.2) is 143 Å².